The molecule has 262 valence electrons. The van der Waals surface area contributed by atoms with Gasteiger partial charge < -0.3 is 15.2 Å². The molecule has 2 aromatic rings. The monoisotopic (exact) mass is 694 g/mol. The molecule has 1 aromatic carbocycles. The highest BCUT2D eigenvalue weighted by Gasteiger charge is 2.28. The van der Waals surface area contributed by atoms with Crippen LogP contribution in [-0.2, 0) is 0 Å². The van der Waals surface area contributed by atoms with Crippen LogP contribution in [0, 0.1) is 0 Å². The summed E-state index contributed by atoms with van der Waals surface area (Å²) in [6, 6.07) is 12.9. The topological polar surface area (TPSA) is 68.1 Å². The predicted octanol–water partition coefficient (Wildman–Crippen LogP) is 11.0. The van der Waals surface area contributed by atoms with Gasteiger partial charge in [0, 0.05) is 52.5 Å². The number of hydrogen-bond donors (Lipinski definition) is 3. The van der Waals surface area contributed by atoms with Gasteiger partial charge in [0.1, 0.15) is 5.82 Å². The summed E-state index contributed by atoms with van der Waals surface area (Å²) in [5.74, 6) is 0.981. The second-order valence-corrected chi connectivity index (χ2v) is 14.5. The molecule has 0 atom stereocenters. The SMILES string of the molecule is CCCCCCCC1=C2C=CC(=N2)C(=C2NC=CN2C)C2=NC(=C(CCCCCCC)c3ccc([nH]3)C(c3ccc(S)cc3)=C3C=CC1=N3)C=C2. The van der Waals surface area contributed by atoms with E-state index in [4.69, 9.17) is 15.0 Å². The second-order valence-electron chi connectivity index (χ2n) is 13.9. The molecule has 0 radical (unpaired) electrons. The van der Waals surface area contributed by atoms with Gasteiger partial charge in [-0.25, -0.2) is 15.0 Å². The molecule has 0 spiro atoms. The summed E-state index contributed by atoms with van der Waals surface area (Å²) in [6.45, 7) is 4.54. The van der Waals surface area contributed by atoms with E-state index in [1.54, 1.807) is 0 Å². The van der Waals surface area contributed by atoms with E-state index in [0.717, 1.165) is 98.7 Å². The maximum atomic E-state index is 5.39. The summed E-state index contributed by atoms with van der Waals surface area (Å²) >= 11 is 4.60. The highest BCUT2D eigenvalue weighted by Crippen LogP contribution is 2.37. The van der Waals surface area contributed by atoms with Crippen molar-refractivity contribution in [3.8, 4) is 0 Å². The lowest BCUT2D eigenvalue weighted by atomic mass is 10.00. The first kappa shape index (κ1) is 34.8. The van der Waals surface area contributed by atoms with Gasteiger partial charge in [0.2, 0.25) is 0 Å². The molecule has 7 heteroatoms. The second kappa shape index (κ2) is 16.2. The van der Waals surface area contributed by atoms with Crippen molar-refractivity contribution in [2.24, 2.45) is 15.0 Å². The Hall–Kier alpha value is -4.62. The van der Waals surface area contributed by atoms with E-state index in [1.165, 1.54) is 62.5 Å². The molecule has 0 aliphatic carbocycles. The molecule has 7 rings (SSSR count). The van der Waals surface area contributed by atoms with Crippen molar-refractivity contribution in [3.05, 3.63) is 136 Å². The number of unbranched alkanes of at least 4 members (excludes halogenated alkanes) is 8. The van der Waals surface area contributed by atoms with Crippen molar-refractivity contribution in [1.29, 1.82) is 0 Å². The number of rotatable bonds is 13. The summed E-state index contributed by atoms with van der Waals surface area (Å²) in [7, 11) is 2.07. The smallest absolute Gasteiger partial charge is 0.121 e. The van der Waals surface area contributed by atoms with Crippen molar-refractivity contribution in [2.45, 2.75) is 95.8 Å². The van der Waals surface area contributed by atoms with Gasteiger partial charge in [-0.1, -0.05) is 77.3 Å². The number of nitrogens with zero attached hydrogens (tertiary/aromatic N) is 4. The van der Waals surface area contributed by atoms with Crippen LogP contribution in [0.4, 0.5) is 0 Å². The zero-order valence-corrected chi connectivity index (χ0v) is 31.2. The summed E-state index contributed by atoms with van der Waals surface area (Å²) in [6.07, 6.45) is 31.1. The maximum Gasteiger partial charge on any atom is 0.121 e. The number of allylic oxidation sites excluding steroid dienone is 9. The van der Waals surface area contributed by atoms with Crippen molar-refractivity contribution in [1.82, 2.24) is 15.2 Å². The molecule has 1 aromatic heterocycles. The molecule has 51 heavy (non-hydrogen) atoms. The van der Waals surface area contributed by atoms with Gasteiger partial charge in [-0.2, -0.15) is 0 Å². The van der Waals surface area contributed by atoms with Crippen LogP contribution in [0.15, 0.2) is 139 Å². The number of hydrogen-bond acceptors (Lipinski definition) is 6. The molecule has 8 bridgehead atoms. The molecule has 0 unspecified atom stereocenters. The van der Waals surface area contributed by atoms with Crippen LogP contribution in [0.5, 0.6) is 0 Å². The summed E-state index contributed by atoms with van der Waals surface area (Å²) in [5, 5.41) is 3.49. The zero-order valence-electron chi connectivity index (χ0n) is 30.3. The van der Waals surface area contributed by atoms with E-state index < -0.39 is 0 Å². The highest BCUT2D eigenvalue weighted by atomic mass is 32.1. The van der Waals surface area contributed by atoms with E-state index in [-0.39, 0.29) is 0 Å². The Morgan fingerprint density at radius 3 is 1.80 bits per heavy atom. The molecule has 6 heterocycles. The fourth-order valence-electron chi connectivity index (χ4n) is 7.42. The van der Waals surface area contributed by atoms with Gasteiger partial charge in [-0.15, -0.1) is 12.6 Å². The molecule has 0 saturated heterocycles. The lowest BCUT2D eigenvalue weighted by molar-refractivity contribution is 0.568. The van der Waals surface area contributed by atoms with E-state index in [9.17, 15) is 0 Å². The fraction of sp³-hybridized carbons (Fsp3) is 0.341. The quantitative estimate of drug-likeness (QED) is 0.144. The third-order valence-electron chi connectivity index (χ3n) is 10.2. The van der Waals surface area contributed by atoms with Crippen molar-refractivity contribution < 1.29 is 0 Å². The molecular weight excluding hydrogens is 645 g/mol. The van der Waals surface area contributed by atoms with Gasteiger partial charge >= 0.3 is 0 Å². The zero-order chi connectivity index (χ0) is 35.2. The van der Waals surface area contributed by atoms with E-state index in [1.807, 2.05) is 12.4 Å². The third-order valence-corrected chi connectivity index (χ3v) is 10.5. The van der Waals surface area contributed by atoms with Gasteiger partial charge in [0.05, 0.1) is 39.8 Å². The van der Waals surface area contributed by atoms with Crippen LogP contribution >= 0.6 is 12.6 Å². The number of aliphatic imine (C=N–C) groups is 3. The molecule has 6 nitrogen and oxygen atoms in total. The van der Waals surface area contributed by atoms with E-state index >= 15 is 0 Å². The lowest BCUT2D eigenvalue weighted by Crippen LogP contribution is -2.23. The van der Waals surface area contributed by atoms with E-state index in [0.29, 0.717) is 0 Å². The van der Waals surface area contributed by atoms with Crippen molar-refractivity contribution in [3.63, 3.8) is 0 Å². The Kier molecular flexibility index (Phi) is 11.0. The Morgan fingerprint density at radius 1 is 0.588 bits per heavy atom. The minimum atomic E-state index is 0.914. The molecule has 2 N–H and O–H groups in total. The maximum absolute atomic E-state index is 5.39. The lowest BCUT2D eigenvalue weighted by Gasteiger charge is -2.17. The van der Waals surface area contributed by atoms with Gasteiger partial charge in [-0.05, 0) is 92.0 Å². The first-order valence-corrected chi connectivity index (χ1v) is 19.4. The summed E-state index contributed by atoms with van der Waals surface area (Å²) in [5.41, 5.74) is 13.5. The predicted molar refractivity (Wildman–Crippen MR) is 218 cm³/mol. The molecular formula is C44H50N6S. The molecule has 5 aliphatic rings. The standard InChI is InChI=1S/C44H50N6S/c1-4-6-8-10-12-14-32-34-20-24-38(46-34)42(30-16-18-31(51)19-17-30)39-25-21-35(47-39)33(15-13-11-9-7-5-2)37-23-27-41(49-37)43(40-26-22-36(32)48-40)44-45-28-29-50(44)3/h16-29,45-46,51H,4-15H2,1-3H3. The van der Waals surface area contributed by atoms with Crippen molar-refractivity contribution >= 4 is 40.9 Å². The normalized spacial score (nSPS) is 19.2. The Morgan fingerprint density at radius 2 is 1.16 bits per heavy atom. The Bertz CT molecular complexity index is 2000. The van der Waals surface area contributed by atoms with Crippen LogP contribution in [0.1, 0.15) is 108 Å². The molecule has 0 saturated carbocycles. The van der Waals surface area contributed by atoms with Crippen LogP contribution < -0.4 is 5.32 Å². The number of fused-ring (bicyclic) bond motifs is 5. The van der Waals surface area contributed by atoms with Crippen molar-refractivity contribution in [2.75, 3.05) is 7.05 Å². The van der Waals surface area contributed by atoms with Crippen LogP contribution in [0.25, 0.3) is 11.1 Å². The largest absolute Gasteiger partial charge is 0.355 e. The van der Waals surface area contributed by atoms with Gasteiger partial charge in [-0.3, -0.25) is 0 Å². The Labute approximate surface area is 309 Å². The number of thiol groups is 1. The number of benzene rings is 1. The molecule has 5 aliphatic heterocycles. The van der Waals surface area contributed by atoms with Gasteiger partial charge in [0.15, 0.2) is 0 Å². The summed E-state index contributed by atoms with van der Waals surface area (Å²) < 4.78 is 0. The van der Waals surface area contributed by atoms with E-state index in [2.05, 4.69) is 122 Å². The number of aromatic amines is 1. The van der Waals surface area contributed by atoms with Gasteiger partial charge in [0.25, 0.3) is 0 Å². The van der Waals surface area contributed by atoms with Crippen LogP contribution in [-0.4, -0.2) is 34.1 Å². The third kappa shape index (κ3) is 7.69. The highest BCUT2D eigenvalue weighted by molar-refractivity contribution is 7.80. The first-order valence-electron chi connectivity index (χ1n) is 19.0. The average molecular weight is 695 g/mol. The fourth-order valence-corrected chi connectivity index (χ4v) is 7.57. The van der Waals surface area contributed by atoms with Crippen LogP contribution in [0.3, 0.4) is 0 Å². The molecule has 0 amide bonds. The number of nitrogens with one attached hydrogen (secondary N) is 2. The first-order chi connectivity index (χ1) is 25.0. The average Bonchev–Trinajstić information content (AvgIpc) is 3.99. The minimum Gasteiger partial charge on any atom is -0.355 e. The summed E-state index contributed by atoms with van der Waals surface area (Å²) in [4.78, 5) is 23.0. The number of H-pyrrole nitrogens is 1. The minimum absolute atomic E-state index is 0.914. The number of aromatic nitrogens is 1. The Balaban J connectivity index is 1.42. The molecule has 0 fully saturated rings. The van der Waals surface area contributed by atoms with Crippen LogP contribution in [0.2, 0.25) is 0 Å².